The number of carbonyl (C=O) groups is 1. The van der Waals surface area contributed by atoms with E-state index in [-0.39, 0.29) is 18.6 Å². The summed E-state index contributed by atoms with van der Waals surface area (Å²) in [6.07, 6.45) is 4.69. The Balaban J connectivity index is 1.54. The number of hydrogen-bond acceptors (Lipinski definition) is 4. The van der Waals surface area contributed by atoms with Gasteiger partial charge in [0.2, 0.25) is 0 Å². The number of nitrogens with zero attached hydrogens (tertiary/aromatic N) is 3. The first-order chi connectivity index (χ1) is 15.0. The maximum atomic E-state index is 13.2. The summed E-state index contributed by atoms with van der Waals surface area (Å²) in [5.74, 6) is 1.50. The molecule has 160 valence electrons. The first-order valence-corrected chi connectivity index (χ1v) is 11.0. The molecule has 0 unspecified atom stereocenters. The fourth-order valence-corrected chi connectivity index (χ4v) is 4.62. The molecule has 0 bridgehead atoms. The molecule has 1 aliphatic heterocycles. The highest BCUT2D eigenvalue weighted by molar-refractivity contribution is 6.01. The van der Waals surface area contributed by atoms with Crippen molar-refractivity contribution in [3.8, 4) is 22.6 Å². The Bertz CT molecular complexity index is 1140. The number of nitrogens with one attached hydrogen (secondary N) is 1. The van der Waals surface area contributed by atoms with Crippen molar-refractivity contribution in [3.05, 3.63) is 58.5 Å². The average Bonchev–Trinajstić information content (AvgIpc) is 3.49. The highest BCUT2D eigenvalue weighted by Crippen LogP contribution is 2.40. The zero-order valence-electron chi connectivity index (χ0n) is 18.3. The van der Waals surface area contributed by atoms with Gasteiger partial charge in [0.05, 0.1) is 5.69 Å². The molecule has 0 radical (unpaired) electrons. The molecule has 3 heterocycles. The molecular weight excluding hydrogens is 388 g/mol. The number of H-pyrrole nitrogens is 1. The number of aryl methyl sites for hydroxylation is 2. The van der Waals surface area contributed by atoms with Gasteiger partial charge in [0.15, 0.2) is 5.82 Å². The minimum Gasteiger partial charge on any atom is -0.396 e. The molecule has 1 atom stereocenters. The van der Waals surface area contributed by atoms with Crippen LogP contribution in [0.1, 0.15) is 52.6 Å². The molecule has 1 fully saturated rings. The van der Waals surface area contributed by atoms with Crippen LogP contribution in [0.25, 0.3) is 22.6 Å². The number of aromatic nitrogens is 3. The van der Waals surface area contributed by atoms with Gasteiger partial charge in [0.1, 0.15) is 5.69 Å². The summed E-state index contributed by atoms with van der Waals surface area (Å²) in [6, 6.07) is 8.46. The van der Waals surface area contributed by atoms with Crippen molar-refractivity contribution < 1.29 is 9.90 Å². The van der Waals surface area contributed by atoms with E-state index in [1.807, 2.05) is 30.9 Å². The molecule has 2 N–H and O–H groups in total. The minimum atomic E-state index is 0.0217. The number of benzene rings is 1. The van der Waals surface area contributed by atoms with E-state index < -0.39 is 0 Å². The second-order valence-electron chi connectivity index (χ2n) is 8.88. The van der Waals surface area contributed by atoms with E-state index in [1.54, 1.807) is 6.20 Å². The molecule has 2 aliphatic rings. The van der Waals surface area contributed by atoms with Crippen LogP contribution in [-0.2, 0) is 13.0 Å². The Kier molecular flexibility index (Phi) is 4.89. The van der Waals surface area contributed by atoms with Crippen LogP contribution in [0.2, 0.25) is 0 Å². The van der Waals surface area contributed by atoms with Gasteiger partial charge in [0.25, 0.3) is 5.91 Å². The second kappa shape index (κ2) is 7.61. The third-order valence-electron chi connectivity index (χ3n) is 6.76. The zero-order valence-corrected chi connectivity index (χ0v) is 18.3. The van der Waals surface area contributed by atoms with Crippen LogP contribution in [0.3, 0.4) is 0 Å². The van der Waals surface area contributed by atoms with Crippen LogP contribution in [0.4, 0.5) is 0 Å². The Morgan fingerprint density at radius 2 is 2.03 bits per heavy atom. The fraction of sp³-hybridized carbons (Fsp3) is 0.400. The number of hydrogen-bond donors (Lipinski definition) is 2. The van der Waals surface area contributed by atoms with Gasteiger partial charge in [-0.15, -0.1) is 0 Å². The number of aliphatic hydroxyl groups is 1. The van der Waals surface area contributed by atoms with Crippen LogP contribution in [0.15, 0.2) is 30.5 Å². The molecule has 3 aromatic rings. The smallest absolute Gasteiger partial charge is 0.255 e. The maximum absolute atomic E-state index is 13.2. The third-order valence-corrected chi connectivity index (χ3v) is 6.76. The van der Waals surface area contributed by atoms with Crippen LogP contribution in [0, 0.1) is 19.8 Å². The molecule has 1 saturated carbocycles. The summed E-state index contributed by atoms with van der Waals surface area (Å²) in [7, 11) is 0. The summed E-state index contributed by atoms with van der Waals surface area (Å²) in [6.45, 7) is 6.81. The molecule has 1 aromatic carbocycles. The van der Waals surface area contributed by atoms with Crippen molar-refractivity contribution in [1.82, 2.24) is 19.9 Å². The number of rotatable bonds is 6. The van der Waals surface area contributed by atoms with Gasteiger partial charge in [-0.3, -0.25) is 9.78 Å². The van der Waals surface area contributed by atoms with Crippen LogP contribution < -0.4 is 0 Å². The lowest BCUT2D eigenvalue weighted by atomic mass is 9.94. The highest BCUT2D eigenvalue weighted by atomic mass is 16.3. The van der Waals surface area contributed by atoms with E-state index in [9.17, 15) is 9.90 Å². The summed E-state index contributed by atoms with van der Waals surface area (Å²) < 4.78 is 0. The van der Waals surface area contributed by atoms with Crippen molar-refractivity contribution in [3.63, 3.8) is 0 Å². The Hall–Kier alpha value is -2.99. The largest absolute Gasteiger partial charge is 0.396 e. The number of amides is 1. The monoisotopic (exact) mass is 416 g/mol. The van der Waals surface area contributed by atoms with Gasteiger partial charge >= 0.3 is 0 Å². The Morgan fingerprint density at radius 1 is 1.23 bits per heavy atom. The minimum absolute atomic E-state index is 0.0217. The lowest BCUT2D eigenvalue weighted by Crippen LogP contribution is -2.34. The van der Waals surface area contributed by atoms with Gasteiger partial charge < -0.3 is 15.0 Å². The normalized spacial score (nSPS) is 16.6. The van der Waals surface area contributed by atoms with Crippen LogP contribution in [0.5, 0.6) is 0 Å². The first-order valence-electron chi connectivity index (χ1n) is 11.0. The predicted molar refractivity (Wildman–Crippen MR) is 120 cm³/mol. The highest BCUT2D eigenvalue weighted by Gasteiger charge is 2.39. The third kappa shape index (κ3) is 3.55. The molecule has 5 rings (SSSR count). The van der Waals surface area contributed by atoms with Crippen molar-refractivity contribution in [2.45, 2.75) is 52.6 Å². The summed E-state index contributed by atoms with van der Waals surface area (Å²) >= 11 is 0. The Labute approximate surface area is 182 Å². The topological polar surface area (TPSA) is 82.1 Å². The SMILES string of the molecule is Cc1nc(-c2cc(-c3cc(CCO)c4c(c3)CN([C@@H](C)C3CC3)C4=O)ccn2)[nH]c1C. The van der Waals surface area contributed by atoms with Crippen LogP contribution >= 0.6 is 0 Å². The lowest BCUT2D eigenvalue weighted by Gasteiger charge is -2.24. The van der Waals surface area contributed by atoms with Crippen molar-refractivity contribution in [1.29, 1.82) is 0 Å². The lowest BCUT2D eigenvalue weighted by molar-refractivity contribution is 0.0696. The summed E-state index contributed by atoms with van der Waals surface area (Å²) in [5, 5.41) is 9.65. The number of carbonyl (C=O) groups excluding carboxylic acids is 1. The Morgan fingerprint density at radius 3 is 2.71 bits per heavy atom. The second-order valence-corrected chi connectivity index (χ2v) is 8.88. The molecule has 1 aliphatic carbocycles. The fourth-order valence-electron chi connectivity index (χ4n) is 4.62. The standard InChI is InChI=1S/C25H28N4O2/c1-14-15(2)28-24(27-14)22-12-18(6-8-26-22)20-10-19(7-9-30)23-21(11-20)13-29(25(23)31)16(3)17-4-5-17/h6,8,10-12,16-17,30H,4-5,7,9,13H2,1-3H3,(H,27,28)/t16-/m0/s1. The van der Waals surface area contributed by atoms with E-state index in [1.165, 1.54) is 12.8 Å². The van der Waals surface area contributed by atoms with Crippen molar-refractivity contribution >= 4 is 5.91 Å². The number of fused-ring (bicyclic) bond motifs is 1. The van der Waals surface area contributed by atoms with Gasteiger partial charge in [0, 0.05) is 36.6 Å². The molecule has 0 saturated heterocycles. The van der Waals surface area contributed by atoms with E-state index in [4.69, 9.17) is 0 Å². The number of imidazole rings is 1. The maximum Gasteiger partial charge on any atom is 0.255 e. The molecule has 0 spiro atoms. The number of aromatic amines is 1. The van der Waals surface area contributed by atoms with E-state index in [2.05, 4.69) is 34.0 Å². The summed E-state index contributed by atoms with van der Waals surface area (Å²) in [4.78, 5) is 27.6. The predicted octanol–water partition coefficient (Wildman–Crippen LogP) is 4.04. The number of aliphatic hydroxyl groups excluding tert-OH is 1. The van der Waals surface area contributed by atoms with Crippen molar-refractivity contribution in [2.75, 3.05) is 6.61 Å². The van der Waals surface area contributed by atoms with Gasteiger partial charge in [-0.2, -0.15) is 0 Å². The average molecular weight is 417 g/mol. The molecule has 1 amide bonds. The van der Waals surface area contributed by atoms with Gasteiger partial charge in [-0.05, 0) is 86.4 Å². The molecule has 31 heavy (non-hydrogen) atoms. The van der Waals surface area contributed by atoms with Crippen LogP contribution in [-0.4, -0.2) is 43.5 Å². The zero-order chi connectivity index (χ0) is 21.7. The van der Waals surface area contributed by atoms with Gasteiger partial charge in [-0.1, -0.05) is 6.07 Å². The molecule has 6 heteroatoms. The van der Waals surface area contributed by atoms with E-state index in [0.29, 0.717) is 18.9 Å². The molecule has 6 nitrogen and oxygen atoms in total. The summed E-state index contributed by atoms with van der Waals surface area (Å²) in [5.41, 5.74) is 7.63. The first kappa shape index (κ1) is 19.9. The molecular formula is C25H28N4O2. The van der Waals surface area contributed by atoms with E-state index >= 15 is 0 Å². The number of pyridine rings is 1. The van der Waals surface area contributed by atoms with E-state index in [0.717, 1.165) is 50.7 Å². The quantitative estimate of drug-likeness (QED) is 0.635. The molecule has 2 aromatic heterocycles. The van der Waals surface area contributed by atoms with Gasteiger partial charge in [-0.25, -0.2) is 4.98 Å². The van der Waals surface area contributed by atoms with Crippen molar-refractivity contribution in [2.24, 2.45) is 5.92 Å².